The second-order valence-corrected chi connectivity index (χ2v) is 5.47. The molecule has 0 bridgehead atoms. The van der Waals surface area contributed by atoms with Crippen LogP contribution in [-0.2, 0) is 5.54 Å². The Bertz CT molecular complexity index is 427. The first-order chi connectivity index (χ1) is 7.69. The molecular weight excluding hydrogens is 270 g/mol. The molecule has 1 aromatic rings. The number of benzene rings is 1. The molecule has 2 aliphatic rings. The van der Waals surface area contributed by atoms with E-state index in [1.54, 1.807) is 0 Å². The van der Waals surface area contributed by atoms with Gasteiger partial charge in [0.1, 0.15) is 0 Å². The molecular formula is C12H14BrNO2. The van der Waals surface area contributed by atoms with Crippen molar-refractivity contribution in [2.75, 3.05) is 6.79 Å². The first-order valence-electron chi connectivity index (χ1n) is 5.58. The van der Waals surface area contributed by atoms with Crippen LogP contribution >= 0.6 is 15.9 Å². The summed E-state index contributed by atoms with van der Waals surface area (Å²) in [5.41, 5.74) is 7.32. The van der Waals surface area contributed by atoms with E-state index < -0.39 is 0 Å². The first-order valence-corrected chi connectivity index (χ1v) is 6.37. The van der Waals surface area contributed by atoms with Crippen molar-refractivity contribution >= 4 is 15.9 Å². The molecule has 86 valence electrons. The Kier molecular flexibility index (Phi) is 2.37. The molecule has 0 aromatic heterocycles. The smallest absolute Gasteiger partial charge is 0.231 e. The fraction of sp³-hybridized carbons (Fsp3) is 0.500. The van der Waals surface area contributed by atoms with Gasteiger partial charge in [0.25, 0.3) is 0 Å². The van der Waals surface area contributed by atoms with E-state index in [0.29, 0.717) is 6.79 Å². The Hall–Kier alpha value is -0.740. The van der Waals surface area contributed by atoms with Gasteiger partial charge in [0, 0.05) is 15.6 Å². The molecule has 16 heavy (non-hydrogen) atoms. The minimum Gasteiger partial charge on any atom is -0.454 e. The van der Waals surface area contributed by atoms with Crippen LogP contribution in [0.3, 0.4) is 0 Å². The minimum atomic E-state index is -0.235. The molecule has 0 unspecified atom stereocenters. The van der Waals surface area contributed by atoms with Crippen LogP contribution in [0, 0.1) is 0 Å². The largest absolute Gasteiger partial charge is 0.454 e. The number of rotatable bonds is 1. The highest BCUT2D eigenvalue weighted by Gasteiger charge is 2.36. The first kappa shape index (κ1) is 10.4. The molecule has 4 heteroatoms. The molecule has 3 rings (SSSR count). The van der Waals surface area contributed by atoms with Gasteiger partial charge in [-0.05, 0) is 25.0 Å². The zero-order chi connectivity index (χ0) is 11.2. The third-order valence-corrected chi connectivity index (χ3v) is 3.93. The Balaban J connectivity index is 2.13. The lowest BCUT2D eigenvalue weighted by Gasteiger charge is -2.25. The van der Waals surface area contributed by atoms with Crippen molar-refractivity contribution in [3.05, 3.63) is 22.2 Å². The average molecular weight is 284 g/mol. The van der Waals surface area contributed by atoms with E-state index in [2.05, 4.69) is 22.0 Å². The Morgan fingerprint density at radius 3 is 2.69 bits per heavy atom. The highest BCUT2D eigenvalue weighted by atomic mass is 79.9. The predicted octanol–water partition coefficient (Wildman–Crippen LogP) is 2.91. The molecule has 1 saturated carbocycles. The molecule has 1 aliphatic carbocycles. The summed E-state index contributed by atoms with van der Waals surface area (Å²) in [6.07, 6.45) is 4.44. The van der Waals surface area contributed by atoms with Crippen molar-refractivity contribution in [1.29, 1.82) is 0 Å². The molecule has 0 atom stereocenters. The summed E-state index contributed by atoms with van der Waals surface area (Å²) >= 11 is 3.50. The molecule has 0 spiro atoms. The molecule has 3 nitrogen and oxygen atoms in total. The van der Waals surface area contributed by atoms with E-state index in [0.717, 1.165) is 34.4 Å². The second kappa shape index (κ2) is 3.64. The number of halogens is 1. The monoisotopic (exact) mass is 283 g/mol. The Labute approximate surface area is 103 Å². The van der Waals surface area contributed by atoms with Crippen LogP contribution in [0.4, 0.5) is 0 Å². The van der Waals surface area contributed by atoms with Crippen molar-refractivity contribution in [3.8, 4) is 11.5 Å². The SMILES string of the molecule is NC1(c2cc(Br)cc3c2OCO3)CCCC1. The molecule has 0 saturated heterocycles. The zero-order valence-corrected chi connectivity index (χ0v) is 10.5. The minimum absolute atomic E-state index is 0.235. The zero-order valence-electron chi connectivity index (χ0n) is 8.96. The molecule has 1 aromatic carbocycles. The van der Waals surface area contributed by atoms with Gasteiger partial charge in [0.15, 0.2) is 11.5 Å². The maximum absolute atomic E-state index is 6.47. The summed E-state index contributed by atoms with van der Waals surface area (Å²) in [6, 6.07) is 4.00. The molecule has 0 radical (unpaired) electrons. The van der Waals surface area contributed by atoms with E-state index in [1.807, 2.05) is 6.07 Å². The lowest BCUT2D eigenvalue weighted by atomic mass is 9.88. The van der Waals surface area contributed by atoms with Gasteiger partial charge >= 0.3 is 0 Å². The maximum atomic E-state index is 6.47. The summed E-state index contributed by atoms with van der Waals surface area (Å²) in [7, 11) is 0. The van der Waals surface area contributed by atoms with Gasteiger partial charge in [-0.2, -0.15) is 0 Å². The fourth-order valence-corrected chi connectivity index (χ4v) is 3.06. The topological polar surface area (TPSA) is 44.5 Å². The standard InChI is InChI=1S/C12H14BrNO2/c13-8-5-9(12(14)3-1-2-4-12)11-10(6-8)15-7-16-11/h5-6H,1-4,7,14H2. The third kappa shape index (κ3) is 1.52. The van der Waals surface area contributed by atoms with Crippen LogP contribution in [0.1, 0.15) is 31.2 Å². The summed E-state index contributed by atoms with van der Waals surface area (Å²) in [6.45, 7) is 0.300. The van der Waals surface area contributed by atoms with Crippen molar-refractivity contribution in [2.45, 2.75) is 31.2 Å². The fourth-order valence-electron chi connectivity index (χ4n) is 2.62. The summed E-state index contributed by atoms with van der Waals surface area (Å²) < 4.78 is 12.0. The molecule has 0 amide bonds. The molecule has 1 heterocycles. The Morgan fingerprint density at radius 1 is 1.19 bits per heavy atom. The van der Waals surface area contributed by atoms with Crippen LogP contribution < -0.4 is 15.2 Å². The molecule has 1 fully saturated rings. The van der Waals surface area contributed by atoms with Crippen LogP contribution in [0.15, 0.2) is 16.6 Å². The van der Waals surface area contributed by atoms with Gasteiger partial charge in [0.05, 0.1) is 0 Å². The number of hydrogen-bond acceptors (Lipinski definition) is 3. The van der Waals surface area contributed by atoms with Gasteiger partial charge in [-0.25, -0.2) is 0 Å². The van der Waals surface area contributed by atoms with Gasteiger partial charge < -0.3 is 15.2 Å². The van der Waals surface area contributed by atoms with Gasteiger partial charge in [-0.1, -0.05) is 28.8 Å². The second-order valence-electron chi connectivity index (χ2n) is 4.55. The van der Waals surface area contributed by atoms with Gasteiger partial charge in [-0.15, -0.1) is 0 Å². The normalized spacial score (nSPS) is 21.4. The number of nitrogens with two attached hydrogens (primary N) is 1. The van der Waals surface area contributed by atoms with Crippen LogP contribution in [0.25, 0.3) is 0 Å². The lowest BCUT2D eigenvalue weighted by Crippen LogP contribution is -2.33. The van der Waals surface area contributed by atoms with E-state index >= 15 is 0 Å². The van der Waals surface area contributed by atoms with E-state index in [4.69, 9.17) is 15.2 Å². The van der Waals surface area contributed by atoms with Crippen molar-refractivity contribution in [3.63, 3.8) is 0 Å². The van der Waals surface area contributed by atoms with Crippen LogP contribution in [-0.4, -0.2) is 6.79 Å². The highest BCUT2D eigenvalue weighted by molar-refractivity contribution is 9.10. The third-order valence-electron chi connectivity index (χ3n) is 3.47. The van der Waals surface area contributed by atoms with Crippen LogP contribution in [0.5, 0.6) is 11.5 Å². The number of ether oxygens (including phenoxy) is 2. The molecule has 2 N–H and O–H groups in total. The van der Waals surface area contributed by atoms with Crippen LogP contribution in [0.2, 0.25) is 0 Å². The summed E-state index contributed by atoms with van der Waals surface area (Å²) in [4.78, 5) is 0. The summed E-state index contributed by atoms with van der Waals surface area (Å²) in [5.74, 6) is 1.65. The van der Waals surface area contributed by atoms with E-state index in [9.17, 15) is 0 Å². The van der Waals surface area contributed by atoms with Gasteiger partial charge in [0.2, 0.25) is 6.79 Å². The van der Waals surface area contributed by atoms with Crippen molar-refractivity contribution < 1.29 is 9.47 Å². The maximum Gasteiger partial charge on any atom is 0.231 e. The number of fused-ring (bicyclic) bond motifs is 1. The van der Waals surface area contributed by atoms with Gasteiger partial charge in [-0.3, -0.25) is 0 Å². The highest BCUT2D eigenvalue weighted by Crippen LogP contribution is 2.47. The van der Waals surface area contributed by atoms with E-state index in [-0.39, 0.29) is 5.54 Å². The van der Waals surface area contributed by atoms with Crippen molar-refractivity contribution in [2.24, 2.45) is 5.73 Å². The Morgan fingerprint density at radius 2 is 1.94 bits per heavy atom. The average Bonchev–Trinajstić information content (AvgIpc) is 2.85. The molecule has 1 aliphatic heterocycles. The lowest BCUT2D eigenvalue weighted by molar-refractivity contribution is 0.172. The van der Waals surface area contributed by atoms with E-state index in [1.165, 1.54) is 12.8 Å². The van der Waals surface area contributed by atoms with Crippen molar-refractivity contribution in [1.82, 2.24) is 0 Å². The number of hydrogen-bond donors (Lipinski definition) is 1. The summed E-state index contributed by atoms with van der Waals surface area (Å²) in [5, 5.41) is 0. The predicted molar refractivity (Wildman–Crippen MR) is 64.6 cm³/mol. The quantitative estimate of drug-likeness (QED) is 0.862.